The van der Waals surface area contributed by atoms with E-state index in [0.29, 0.717) is 27.3 Å². The molecule has 2 heterocycles. The summed E-state index contributed by atoms with van der Waals surface area (Å²) >= 11 is 1.18. The number of hydrogen-bond acceptors (Lipinski definition) is 5. The molecule has 17 heavy (non-hydrogen) atoms. The molecule has 3 N–H and O–H groups in total. The second kappa shape index (κ2) is 4.43. The van der Waals surface area contributed by atoms with Crippen molar-refractivity contribution in [2.45, 2.75) is 13.3 Å². The molecule has 0 saturated carbocycles. The van der Waals surface area contributed by atoms with E-state index in [-0.39, 0.29) is 0 Å². The Labute approximate surface area is 99.9 Å². The van der Waals surface area contributed by atoms with E-state index >= 15 is 0 Å². The minimum atomic E-state index is -0.598. The number of aromatic nitrogens is 2. The zero-order valence-corrected chi connectivity index (χ0v) is 9.90. The molecule has 0 aliphatic heterocycles. The Morgan fingerprint density at radius 3 is 2.82 bits per heavy atom. The second-order valence-electron chi connectivity index (χ2n) is 3.46. The maximum atomic E-state index is 11.6. The largest absolute Gasteiger partial charge is 0.376 e. The fraction of sp³-hybridized carbons (Fsp3) is 0.300. The quantitative estimate of drug-likeness (QED) is 0.755. The number of fused-ring (bicyclic) bond motifs is 1. The van der Waals surface area contributed by atoms with Gasteiger partial charge >= 0.3 is 5.69 Å². The topological polar surface area (TPSA) is 102 Å². The molecule has 0 bridgehead atoms. The van der Waals surface area contributed by atoms with Crippen LogP contribution in [-0.2, 0) is 0 Å². The number of nitriles is 1. The van der Waals surface area contributed by atoms with E-state index in [1.807, 2.05) is 13.0 Å². The molecule has 0 amide bonds. The Kier molecular flexibility index (Phi) is 2.97. The third-order valence-electron chi connectivity index (χ3n) is 2.23. The molecule has 2 rings (SSSR count). The number of hydrogen-bond donors (Lipinski definition) is 3. The first-order valence-electron chi connectivity index (χ1n) is 5.10. The highest BCUT2D eigenvalue weighted by Crippen LogP contribution is 2.30. The molecule has 88 valence electrons. The molecule has 0 unspecified atom stereocenters. The molecular weight excluding hydrogens is 240 g/mol. The van der Waals surface area contributed by atoms with Gasteiger partial charge in [-0.1, -0.05) is 6.92 Å². The predicted molar refractivity (Wildman–Crippen MR) is 66.6 cm³/mol. The predicted octanol–water partition coefficient (Wildman–Crippen LogP) is 0.971. The Morgan fingerprint density at radius 1 is 1.41 bits per heavy atom. The van der Waals surface area contributed by atoms with Gasteiger partial charge in [0.15, 0.2) is 0 Å². The van der Waals surface area contributed by atoms with Crippen LogP contribution in [-0.4, -0.2) is 16.5 Å². The van der Waals surface area contributed by atoms with Crippen LogP contribution in [0.4, 0.5) is 5.00 Å². The van der Waals surface area contributed by atoms with E-state index < -0.39 is 11.2 Å². The van der Waals surface area contributed by atoms with Crippen molar-refractivity contribution >= 4 is 26.6 Å². The summed E-state index contributed by atoms with van der Waals surface area (Å²) in [5, 5.41) is 12.8. The highest BCUT2D eigenvalue weighted by molar-refractivity contribution is 7.23. The van der Waals surface area contributed by atoms with Crippen LogP contribution in [0.25, 0.3) is 10.2 Å². The average Bonchev–Trinajstić information content (AvgIpc) is 2.64. The summed E-state index contributed by atoms with van der Waals surface area (Å²) in [6.07, 6.45) is 0.909. The van der Waals surface area contributed by atoms with Crippen LogP contribution in [0.1, 0.15) is 18.9 Å². The van der Waals surface area contributed by atoms with Gasteiger partial charge < -0.3 is 10.3 Å². The summed E-state index contributed by atoms with van der Waals surface area (Å²) in [6.45, 7) is 2.71. The molecule has 0 aliphatic rings. The fourth-order valence-corrected chi connectivity index (χ4v) is 2.51. The van der Waals surface area contributed by atoms with Crippen molar-refractivity contribution in [1.29, 1.82) is 5.26 Å². The maximum absolute atomic E-state index is 11.6. The molecule has 0 atom stereocenters. The van der Waals surface area contributed by atoms with Crippen molar-refractivity contribution in [3.8, 4) is 6.07 Å². The lowest BCUT2D eigenvalue weighted by molar-refractivity contribution is 0.983. The van der Waals surface area contributed by atoms with Crippen molar-refractivity contribution in [2.75, 3.05) is 11.9 Å². The Balaban J connectivity index is 2.72. The van der Waals surface area contributed by atoms with Crippen molar-refractivity contribution in [3.05, 3.63) is 26.4 Å². The van der Waals surface area contributed by atoms with Crippen LogP contribution >= 0.6 is 11.3 Å². The van der Waals surface area contributed by atoms with Gasteiger partial charge in [-0.05, 0) is 6.42 Å². The molecule has 0 radical (unpaired) electrons. The van der Waals surface area contributed by atoms with Gasteiger partial charge in [0.2, 0.25) is 0 Å². The summed E-state index contributed by atoms with van der Waals surface area (Å²) in [7, 11) is 0. The minimum absolute atomic E-state index is 0.310. The van der Waals surface area contributed by atoms with Gasteiger partial charge in [0, 0.05) is 6.54 Å². The van der Waals surface area contributed by atoms with Gasteiger partial charge in [-0.15, -0.1) is 11.3 Å². The molecule has 0 saturated heterocycles. The van der Waals surface area contributed by atoms with E-state index in [2.05, 4.69) is 15.3 Å². The first-order chi connectivity index (χ1) is 8.17. The highest BCUT2D eigenvalue weighted by atomic mass is 32.1. The summed E-state index contributed by atoms with van der Waals surface area (Å²) < 4.78 is 0.361. The number of aromatic amines is 2. The zero-order chi connectivity index (χ0) is 12.4. The normalized spacial score (nSPS) is 10.4. The Morgan fingerprint density at radius 2 is 2.18 bits per heavy atom. The monoisotopic (exact) mass is 250 g/mol. The summed E-state index contributed by atoms with van der Waals surface area (Å²) in [6, 6.07) is 2.01. The average molecular weight is 250 g/mol. The number of rotatable bonds is 3. The van der Waals surface area contributed by atoms with Crippen LogP contribution in [0.5, 0.6) is 0 Å². The SMILES string of the molecule is CCCNc1sc2c(=O)[nH]c(=O)[nH]c2c1C#N. The zero-order valence-electron chi connectivity index (χ0n) is 9.09. The minimum Gasteiger partial charge on any atom is -0.376 e. The van der Waals surface area contributed by atoms with E-state index in [9.17, 15) is 9.59 Å². The number of anilines is 1. The second-order valence-corrected chi connectivity index (χ2v) is 4.48. The van der Waals surface area contributed by atoms with Crippen molar-refractivity contribution < 1.29 is 0 Å². The standard InChI is InChI=1S/C10H10N4O2S/c1-2-3-12-9-5(4-11)6-7(17-9)8(15)14-10(16)13-6/h12H,2-3H2,1H3,(H2,13,14,15,16). The van der Waals surface area contributed by atoms with Crippen LogP contribution < -0.4 is 16.6 Å². The highest BCUT2D eigenvalue weighted by Gasteiger charge is 2.14. The van der Waals surface area contributed by atoms with E-state index in [0.717, 1.165) is 6.42 Å². The third-order valence-corrected chi connectivity index (χ3v) is 3.37. The first-order valence-corrected chi connectivity index (χ1v) is 5.92. The van der Waals surface area contributed by atoms with Crippen molar-refractivity contribution in [3.63, 3.8) is 0 Å². The maximum Gasteiger partial charge on any atom is 0.326 e. The number of H-pyrrole nitrogens is 2. The molecule has 0 aliphatic carbocycles. The summed E-state index contributed by atoms with van der Waals surface area (Å²) in [5.74, 6) is 0. The van der Waals surface area contributed by atoms with Crippen LogP contribution in [0, 0.1) is 11.3 Å². The molecule has 2 aromatic rings. The van der Waals surface area contributed by atoms with E-state index in [1.165, 1.54) is 11.3 Å². The molecule has 6 nitrogen and oxygen atoms in total. The Bertz CT molecular complexity index is 704. The lowest BCUT2D eigenvalue weighted by Crippen LogP contribution is -2.20. The van der Waals surface area contributed by atoms with E-state index in [4.69, 9.17) is 5.26 Å². The molecule has 0 fully saturated rings. The number of nitrogens with zero attached hydrogens (tertiary/aromatic N) is 1. The first kappa shape index (κ1) is 11.4. The van der Waals surface area contributed by atoms with Gasteiger partial charge in [0.05, 0.1) is 5.52 Å². The van der Waals surface area contributed by atoms with Crippen molar-refractivity contribution in [1.82, 2.24) is 9.97 Å². The van der Waals surface area contributed by atoms with Gasteiger partial charge in [-0.3, -0.25) is 9.78 Å². The van der Waals surface area contributed by atoms with Gasteiger partial charge in [0.25, 0.3) is 5.56 Å². The molecule has 0 spiro atoms. The third kappa shape index (κ3) is 1.94. The van der Waals surface area contributed by atoms with Gasteiger partial charge in [-0.25, -0.2) is 4.79 Å². The van der Waals surface area contributed by atoms with Crippen LogP contribution in [0.15, 0.2) is 9.59 Å². The molecular formula is C10H10N4O2S. The van der Waals surface area contributed by atoms with Gasteiger partial charge in [-0.2, -0.15) is 5.26 Å². The fourth-order valence-electron chi connectivity index (χ4n) is 1.48. The van der Waals surface area contributed by atoms with Gasteiger partial charge in [0.1, 0.15) is 21.3 Å². The lowest BCUT2D eigenvalue weighted by atomic mass is 10.3. The smallest absolute Gasteiger partial charge is 0.326 e. The Hall–Kier alpha value is -2.07. The lowest BCUT2D eigenvalue weighted by Gasteiger charge is -1.99. The molecule has 2 aromatic heterocycles. The number of nitrogens with one attached hydrogen (secondary N) is 3. The molecule has 0 aromatic carbocycles. The van der Waals surface area contributed by atoms with E-state index in [1.54, 1.807) is 0 Å². The van der Waals surface area contributed by atoms with Crippen LogP contribution in [0.3, 0.4) is 0 Å². The summed E-state index contributed by atoms with van der Waals surface area (Å²) in [5.41, 5.74) is -0.430. The summed E-state index contributed by atoms with van der Waals surface area (Å²) in [4.78, 5) is 27.3. The van der Waals surface area contributed by atoms with Crippen LogP contribution in [0.2, 0.25) is 0 Å². The van der Waals surface area contributed by atoms with Crippen molar-refractivity contribution in [2.24, 2.45) is 0 Å². The number of thiophene rings is 1. The molecule has 7 heteroatoms.